The van der Waals surface area contributed by atoms with E-state index in [4.69, 9.17) is 4.74 Å². The Morgan fingerprint density at radius 3 is 2.33 bits per heavy atom. The SMILES string of the molecule is CCOC12CCC(CO)(CC1)C2. The molecule has 0 radical (unpaired) electrons. The standard InChI is InChI=1S/C10H18O2/c1-2-12-10-5-3-9(7-10,8-11)4-6-10/h11H,2-8H2,1H3. The maximum atomic E-state index is 9.27. The van der Waals surface area contributed by atoms with Gasteiger partial charge < -0.3 is 9.84 Å². The molecular weight excluding hydrogens is 152 g/mol. The Balaban J connectivity index is 2.07. The molecule has 2 bridgehead atoms. The third kappa shape index (κ3) is 1.09. The van der Waals surface area contributed by atoms with E-state index in [-0.39, 0.29) is 11.0 Å². The molecular formula is C10H18O2. The lowest BCUT2D eigenvalue weighted by atomic mass is 9.85. The van der Waals surface area contributed by atoms with Gasteiger partial charge >= 0.3 is 0 Å². The van der Waals surface area contributed by atoms with Gasteiger partial charge in [0.25, 0.3) is 0 Å². The van der Waals surface area contributed by atoms with Crippen LogP contribution in [-0.2, 0) is 4.74 Å². The zero-order valence-electron chi connectivity index (χ0n) is 7.81. The molecule has 0 spiro atoms. The van der Waals surface area contributed by atoms with Gasteiger partial charge in [0.2, 0.25) is 0 Å². The van der Waals surface area contributed by atoms with Crippen molar-refractivity contribution in [2.24, 2.45) is 5.41 Å². The summed E-state index contributed by atoms with van der Waals surface area (Å²) in [5.41, 5.74) is 0.409. The van der Waals surface area contributed by atoms with Crippen molar-refractivity contribution in [3.63, 3.8) is 0 Å². The quantitative estimate of drug-likeness (QED) is 0.698. The van der Waals surface area contributed by atoms with Gasteiger partial charge in [0.15, 0.2) is 0 Å². The smallest absolute Gasteiger partial charge is 0.0689 e. The Hall–Kier alpha value is -0.0800. The molecule has 0 aromatic rings. The first-order chi connectivity index (χ1) is 5.74. The van der Waals surface area contributed by atoms with Crippen molar-refractivity contribution in [2.45, 2.75) is 44.6 Å². The van der Waals surface area contributed by atoms with Gasteiger partial charge in [0.05, 0.1) is 5.60 Å². The van der Waals surface area contributed by atoms with Crippen LogP contribution in [0.2, 0.25) is 0 Å². The van der Waals surface area contributed by atoms with Crippen molar-refractivity contribution in [2.75, 3.05) is 13.2 Å². The summed E-state index contributed by atoms with van der Waals surface area (Å²) in [6.07, 6.45) is 5.78. The lowest BCUT2D eigenvalue weighted by molar-refractivity contribution is -0.0305. The van der Waals surface area contributed by atoms with Crippen LogP contribution in [0.25, 0.3) is 0 Å². The normalized spacial score (nSPS) is 45.5. The fourth-order valence-electron chi connectivity index (χ4n) is 2.99. The van der Waals surface area contributed by atoms with Crippen LogP contribution < -0.4 is 0 Å². The van der Waals surface area contributed by atoms with E-state index >= 15 is 0 Å². The Labute approximate surface area is 73.9 Å². The zero-order valence-corrected chi connectivity index (χ0v) is 7.81. The molecule has 0 unspecified atom stereocenters. The fourth-order valence-corrected chi connectivity index (χ4v) is 2.99. The molecule has 0 aromatic carbocycles. The summed E-state index contributed by atoms with van der Waals surface area (Å²) in [5.74, 6) is 0. The molecule has 2 aliphatic rings. The van der Waals surface area contributed by atoms with Crippen molar-refractivity contribution < 1.29 is 9.84 Å². The molecule has 0 amide bonds. The first-order valence-electron chi connectivity index (χ1n) is 4.99. The van der Waals surface area contributed by atoms with Crippen LogP contribution in [0.15, 0.2) is 0 Å². The molecule has 70 valence electrons. The molecule has 12 heavy (non-hydrogen) atoms. The average Bonchev–Trinajstić information content (AvgIpc) is 2.61. The largest absolute Gasteiger partial charge is 0.396 e. The summed E-state index contributed by atoms with van der Waals surface area (Å²) in [7, 11) is 0. The fraction of sp³-hybridized carbons (Fsp3) is 1.00. The van der Waals surface area contributed by atoms with E-state index in [0.29, 0.717) is 6.61 Å². The highest BCUT2D eigenvalue weighted by Crippen LogP contribution is 2.57. The highest BCUT2D eigenvalue weighted by molar-refractivity contribution is 5.06. The second kappa shape index (κ2) is 2.71. The molecule has 2 fully saturated rings. The van der Waals surface area contributed by atoms with Crippen LogP contribution in [0.5, 0.6) is 0 Å². The van der Waals surface area contributed by atoms with Crippen LogP contribution in [-0.4, -0.2) is 23.9 Å². The number of aliphatic hydroxyl groups is 1. The zero-order chi connectivity index (χ0) is 8.66. The summed E-state index contributed by atoms with van der Waals surface area (Å²) in [6, 6.07) is 0. The highest BCUT2D eigenvalue weighted by Gasteiger charge is 2.54. The summed E-state index contributed by atoms with van der Waals surface area (Å²) >= 11 is 0. The molecule has 0 aromatic heterocycles. The molecule has 2 saturated carbocycles. The van der Waals surface area contributed by atoms with Gasteiger partial charge in [-0.1, -0.05) is 0 Å². The van der Waals surface area contributed by atoms with Crippen LogP contribution in [0, 0.1) is 5.41 Å². The Bertz CT molecular complexity index is 169. The van der Waals surface area contributed by atoms with Crippen molar-refractivity contribution in [1.82, 2.24) is 0 Å². The van der Waals surface area contributed by atoms with E-state index < -0.39 is 0 Å². The minimum Gasteiger partial charge on any atom is -0.396 e. The van der Waals surface area contributed by atoms with Gasteiger partial charge in [-0.15, -0.1) is 0 Å². The van der Waals surface area contributed by atoms with Crippen LogP contribution in [0.4, 0.5) is 0 Å². The number of fused-ring (bicyclic) bond motifs is 2. The van der Waals surface area contributed by atoms with Crippen LogP contribution >= 0.6 is 0 Å². The number of hydrogen-bond acceptors (Lipinski definition) is 2. The predicted molar refractivity (Wildman–Crippen MR) is 47.0 cm³/mol. The van der Waals surface area contributed by atoms with E-state index in [9.17, 15) is 5.11 Å². The first-order valence-corrected chi connectivity index (χ1v) is 4.99. The molecule has 0 saturated heterocycles. The first kappa shape index (κ1) is 8.52. The average molecular weight is 170 g/mol. The number of rotatable bonds is 3. The minimum atomic E-state index is 0.164. The molecule has 0 heterocycles. The maximum absolute atomic E-state index is 9.27. The topological polar surface area (TPSA) is 29.5 Å². The van der Waals surface area contributed by atoms with Crippen LogP contribution in [0.1, 0.15) is 39.0 Å². The Kier molecular flexibility index (Phi) is 1.92. The molecule has 0 aliphatic heterocycles. The lowest BCUT2D eigenvalue weighted by Gasteiger charge is -2.26. The van der Waals surface area contributed by atoms with E-state index in [1.165, 1.54) is 25.7 Å². The number of ether oxygens (including phenoxy) is 1. The maximum Gasteiger partial charge on any atom is 0.0689 e. The van der Waals surface area contributed by atoms with E-state index in [1.54, 1.807) is 0 Å². The lowest BCUT2D eigenvalue weighted by Crippen LogP contribution is -2.26. The summed E-state index contributed by atoms with van der Waals surface area (Å²) in [4.78, 5) is 0. The van der Waals surface area contributed by atoms with Gasteiger partial charge in [-0.3, -0.25) is 0 Å². The van der Waals surface area contributed by atoms with Crippen LogP contribution in [0.3, 0.4) is 0 Å². The van der Waals surface area contributed by atoms with Crippen molar-refractivity contribution in [3.8, 4) is 0 Å². The van der Waals surface area contributed by atoms with Gasteiger partial charge in [-0.2, -0.15) is 0 Å². The Morgan fingerprint density at radius 2 is 1.92 bits per heavy atom. The second-order valence-corrected chi connectivity index (χ2v) is 4.45. The highest BCUT2D eigenvalue weighted by atomic mass is 16.5. The molecule has 1 N–H and O–H groups in total. The molecule has 2 heteroatoms. The van der Waals surface area contributed by atoms with Crippen molar-refractivity contribution in [3.05, 3.63) is 0 Å². The van der Waals surface area contributed by atoms with Gasteiger partial charge in [0.1, 0.15) is 0 Å². The predicted octanol–water partition coefficient (Wildman–Crippen LogP) is 1.72. The van der Waals surface area contributed by atoms with Crippen molar-refractivity contribution >= 4 is 0 Å². The van der Waals surface area contributed by atoms with Crippen molar-refractivity contribution in [1.29, 1.82) is 0 Å². The molecule has 0 atom stereocenters. The van der Waals surface area contributed by atoms with Gasteiger partial charge in [-0.05, 0) is 44.4 Å². The molecule has 2 rings (SSSR count). The summed E-state index contributed by atoms with van der Waals surface area (Å²) < 4.78 is 5.80. The Morgan fingerprint density at radius 1 is 1.25 bits per heavy atom. The monoisotopic (exact) mass is 170 g/mol. The van der Waals surface area contributed by atoms with E-state index in [1.807, 2.05) is 0 Å². The molecule has 2 nitrogen and oxygen atoms in total. The number of aliphatic hydroxyl groups excluding tert-OH is 1. The number of hydrogen-bond donors (Lipinski definition) is 1. The second-order valence-electron chi connectivity index (χ2n) is 4.45. The van der Waals surface area contributed by atoms with E-state index in [0.717, 1.165) is 13.0 Å². The van der Waals surface area contributed by atoms with Gasteiger partial charge in [-0.25, -0.2) is 0 Å². The van der Waals surface area contributed by atoms with E-state index in [2.05, 4.69) is 6.92 Å². The minimum absolute atomic E-state index is 0.164. The third-order valence-corrected chi connectivity index (χ3v) is 3.70. The summed E-state index contributed by atoms with van der Waals surface area (Å²) in [5, 5.41) is 9.27. The third-order valence-electron chi connectivity index (χ3n) is 3.70. The summed E-state index contributed by atoms with van der Waals surface area (Å²) in [6.45, 7) is 3.25. The van der Waals surface area contributed by atoms with Gasteiger partial charge in [0, 0.05) is 13.2 Å². The molecule has 2 aliphatic carbocycles.